The maximum Gasteiger partial charge on any atom is 0.417 e. The Balaban J connectivity index is 1.33. The third kappa shape index (κ3) is 19.8. The molecule has 0 aromatic heterocycles. The van der Waals surface area contributed by atoms with Gasteiger partial charge in [-0.1, -0.05) is 97.0 Å². The topological polar surface area (TPSA) is 273 Å². The molecule has 590 valence electrons. The van der Waals surface area contributed by atoms with Gasteiger partial charge in [0.1, 0.15) is 54.6 Å². The summed E-state index contributed by atoms with van der Waals surface area (Å²) in [4.78, 5) is 174. The van der Waals surface area contributed by atoms with E-state index in [4.69, 9.17) is 11.6 Å². The Labute approximate surface area is 618 Å². The highest BCUT2D eigenvalue weighted by molar-refractivity contribution is 6.31. The molecule has 7 rings (SSSR count). The Kier molecular flexibility index (Phi) is 28.3. The minimum atomic E-state index is -4.89. The molecule has 1 saturated carbocycles. The van der Waals surface area contributed by atoms with Crippen molar-refractivity contribution in [3.8, 4) is 0 Å². The minimum Gasteiger partial charge on any atom is -0.376 e. The van der Waals surface area contributed by atoms with Gasteiger partial charge in [0.2, 0.25) is 65.0 Å². The normalized spacial score (nSPS) is 27.5. The summed E-state index contributed by atoms with van der Waals surface area (Å²) < 4.78 is 116. The third-order valence-corrected chi connectivity index (χ3v) is 22.4. The van der Waals surface area contributed by atoms with Crippen LogP contribution in [0.1, 0.15) is 154 Å². The van der Waals surface area contributed by atoms with Crippen LogP contribution in [0.2, 0.25) is 5.02 Å². The number of aliphatic hydroxyl groups is 1. The molecule has 0 bridgehead atoms. The SMILES string of the molecule is CC[C@H](C)[C@@H]1NC(=O)[C@H](CC(C)C)N(C)C(=O)C[C@@H](C(=O)N2CCCC2)N(C)C(=O)[C@H]([C@@H](C)CC)N(C)C(O)C2(CCCC2)NC(=O)[C@@H]2CC(F)(F)CN2C(=O)[C@H](CCc2ccc(C(F)(F)F)c(Cl)c2)NC(=O)CN(C)C(=O)[C@H](Cc2ccc(C(F)(F)F)cc2)N(C)C(=O)[C@@H]2CCN2C(=O)[C@H](C)N(C)C1=O. The van der Waals surface area contributed by atoms with Gasteiger partial charge in [-0.3, -0.25) is 57.6 Å². The molecule has 0 radical (unpaired) electrons. The van der Waals surface area contributed by atoms with Crippen molar-refractivity contribution in [2.45, 2.75) is 229 Å². The first-order chi connectivity index (χ1) is 49.4. The fraction of sp³-hybridized carbons (Fsp3) is 0.685. The molecule has 4 N–H and O–H groups in total. The molecule has 1 aliphatic carbocycles. The van der Waals surface area contributed by atoms with Crippen LogP contribution < -0.4 is 16.0 Å². The highest BCUT2D eigenvalue weighted by Gasteiger charge is 2.55. The number of alkyl halides is 8. The first kappa shape index (κ1) is 85.5. The van der Waals surface area contributed by atoms with Crippen LogP contribution in [-0.2, 0) is 77.9 Å². The van der Waals surface area contributed by atoms with E-state index in [0.717, 1.165) is 72.8 Å². The molecule has 5 aliphatic rings. The van der Waals surface area contributed by atoms with Gasteiger partial charge in [0.15, 0.2) is 0 Å². The predicted molar refractivity (Wildman–Crippen MR) is 374 cm³/mol. The lowest BCUT2D eigenvalue weighted by molar-refractivity contribution is -0.160. The molecular formula is C73H103ClF8N12O12. The molecule has 4 saturated heterocycles. The smallest absolute Gasteiger partial charge is 0.376 e. The molecule has 4 aliphatic heterocycles. The number of hydrogen-bond acceptors (Lipinski definition) is 13. The number of nitrogens with zero attached hydrogens (tertiary/aromatic N) is 9. The average Bonchev–Trinajstić information content (AvgIpc) is 1.51. The van der Waals surface area contributed by atoms with Crippen LogP contribution in [-0.4, -0.2) is 261 Å². The summed E-state index contributed by atoms with van der Waals surface area (Å²) >= 11 is 6.08. The first-order valence-corrected chi connectivity index (χ1v) is 36.7. The fourth-order valence-electron chi connectivity index (χ4n) is 14.9. The van der Waals surface area contributed by atoms with E-state index in [1.165, 1.54) is 52.0 Å². The molecule has 24 nitrogen and oxygen atoms in total. The number of hydrogen-bond donors (Lipinski definition) is 4. The van der Waals surface area contributed by atoms with Crippen molar-refractivity contribution in [3.63, 3.8) is 0 Å². The molecule has 5 fully saturated rings. The minimum absolute atomic E-state index is 0.0110. The van der Waals surface area contributed by atoms with Gasteiger partial charge in [-0.2, -0.15) is 26.3 Å². The molecule has 106 heavy (non-hydrogen) atoms. The summed E-state index contributed by atoms with van der Waals surface area (Å²) in [6.07, 6.45) is -12.1. The number of likely N-dealkylation sites (tertiary alicyclic amines) is 1. The van der Waals surface area contributed by atoms with Crippen LogP contribution >= 0.6 is 11.6 Å². The van der Waals surface area contributed by atoms with Crippen LogP contribution in [0.5, 0.6) is 0 Å². The van der Waals surface area contributed by atoms with Crippen LogP contribution in [0.15, 0.2) is 42.5 Å². The van der Waals surface area contributed by atoms with E-state index in [0.29, 0.717) is 62.6 Å². The van der Waals surface area contributed by atoms with E-state index >= 15 is 28.0 Å². The molecule has 4 heterocycles. The van der Waals surface area contributed by atoms with Crippen LogP contribution in [0, 0.1) is 17.8 Å². The largest absolute Gasteiger partial charge is 0.417 e. The lowest BCUT2D eigenvalue weighted by Gasteiger charge is -2.45. The zero-order valence-electron chi connectivity index (χ0n) is 62.6. The van der Waals surface area contributed by atoms with Crippen molar-refractivity contribution in [2.75, 3.05) is 75.0 Å². The lowest BCUT2D eigenvalue weighted by Crippen LogP contribution is -2.67. The van der Waals surface area contributed by atoms with E-state index in [1.807, 2.05) is 0 Å². The van der Waals surface area contributed by atoms with Crippen molar-refractivity contribution in [3.05, 3.63) is 69.7 Å². The predicted octanol–water partition coefficient (Wildman–Crippen LogP) is 6.36. The second kappa shape index (κ2) is 35.1. The van der Waals surface area contributed by atoms with Gasteiger partial charge < -0.3 is 60.3 Å². The summed E-state index contributed by atoms with van der Waals surface area (Å²) in [5, 5.41) is 20.2. The van der Waals surface area contributed by atoms with Gasteiger partial charge in [0, 0.05) is 67.7 Å². The Morgan fingerprint density at radius 3 is 1.81 bits per heavy atom. The van der Waals surface area contributed by atoms with Gasteiger partial charge in [0.25, 0.3) is 5.92 Å². The van der Waals surface area contributed by atoms with Gasteiger partial charge in [-0.15, -0.1) is 0 Å². The number of nitrogens with one attached hydrogen (secondary N) is 3. The lowest BCUT2D eigenvalue weighted by atomic mass is 9.89. The number of carbonyl (C=O) groups excluding carboxylic acids is 11. The quantitative estimate of drug-likeness (QED) is 0.169. The van der Waals surface area contributed by atoms with E-state index < -0.39 is 216 Å². The monoisotopic (exact) mass is 1530 g/mol. The Morgan fingerprint density at radius 1 is 0.660 bits per heavy atom. The zero-order chi connectivity index (χ0) is 79.2. The number of carbonyl (C=O) groups is 11. The van der Waals surface area contributed by atoms with Gasteiger partial charge in [0.05, 0.1) is 47.2 Å². The number of likely N-dealkylation sites (N-methyl/N-ethyl adjacent to an activating group) is 6. The molecule has 12 atom stereocenters. The second-order valence-electron chi connectivity index (χ2n) is 30.0. The molecular weight excluding hydrogens is 1420 g/mol. The number of fused-ring (bicyclic) bond motifs is 2. The first-order valence-electron chi connectivity index (χ1n) is 36.3. The molecule has 1 spiro atoms. The van der Waals surface area contributed by atoms with Crippen molar-refractivity contribution < 1.29 is 93.0 Å². The van der Waals surface area contributed by atoms with Gasteiger partial charge in [-0.25, -0.2) is 8.78 Å². The molecule has 1 unspecified atom stereocenters. The van der Waals surface area contributed by atoms with Crippen LogP contribution in [0.3, 0.4) is 0 Å². The zero-order valence-corrected chi connectivity index (χ0v) is 63.3. The Morgan fingerprint density at radius 2 is 1.26 bits per heavy atom. The molecule has 11 amide bonds. The summed E-state index contributed by atoms with van der Waals surface area (Å²) in [6.45, 7) is 10.2. The molecule has 2 aromatic rings. The van der Waals surface area contributed by atoms with E-state index in [1.54, 1.807) is 41.5 Å². The van der Waals surface area contributed by atoms with Crippen LogP contribution in [0.4, 0.5) is 35.1 Å². The Hall–Kier alpha value is -7.74. The van der Waals surface area contributed by atoms with Gasteiger partial charge >= 0.3 is 12.4 Å². The number of rotatable bonds is 12. The number of aryl methyl sites for hydroxylation is 1. The van der Waals surface area contributed by atoms with Crippen molar-refractivity contribution in [1.82, 2.24) is 60.0 Å². The van der Waals surface area contributed by atoms with Crippen LogP contribution in [0.25, 0.3) is 0 Å². The standard InChI is InChI=1S/C73H103ClF8N12O12/c1-14-42(5)58-67(104)87(9)44(7)62(99)93-33-28-51(93)65(102)89(11)53(36-46-20-24-47(25-21-46)72(77,78)79)64(101)86(8)39-56(95)83-50(27-23-45-22-26-48(49(74)35-45)73(80,81)82)63(100)94-40-71(75,76)38-55(94)61(98)85-70(29-16-17-30-70)69(106)91(13)59(43(6)15-2)68(105)90(12)54(66(103)92-31-18-19-32-92)37-57(96)88(10)52(34-41(3)4)60(97)84-58/h20-22,24-26,35,41-44,50-55,58-59,69,106H,14-19,23,27-34,36-40H2,1-13H3,(H,83,95)(H,84,97)(H,85,98)/t42-,43-,44-,50-,51-,52-,53-,54-,55-,58-,59-,69?/m0/s1. The number of benzene rings is 2. The van der Waals surface area contributed by atoms with E-state index in [2.05, 4.69) is 16.0 Å². The third-order valence-electron chi connectivity index (χ3n) is 22.1. The maximum atomic E-state index is 16.2. The molecule has 33 heteroatoms. The fourth-order valence-corrected chi connectivity index (χ4v) is 15.2. The number of aliphatic hydroxyl groups excluding tert-OH is 1. The highest BCUT2D eigenvalue weighted by atomic mass is 35.5. The summed E-state index contributed by atoms with van der Waals surface area (Å²) in [6, 6.07) is -7.31. The van der Waals surface area contributed by atoms with E-state index in [-0.39, 0.29) is 55.7 Å². The summed E-state index contributed by atoms with van der Waals surface area (Å²) in [7, 11) is 7.75. The molecule has 2 aromatic carbocycles. The maximum absolute atomic E-state index is 16.2. The summed E-state index contributed by atoms with van der Waals surface area (Å²) in [5.41, 5.74) is -3.79. The number of halogens is 9. The van der Waals surface area contributed by atoms with Crippen molar-refractivity contribution in [2.24, 2.45) is 17.8 Å². The van der Waals surface area contributed by atoms with E-state index in [9.17, 15) is 65.0 Å². The van der Waals surface area contributed by atoms with Crippen molar-refractivity contribution in [1.29, 1.82) is 0 Å². The Bertz CT molecular complexity index is 3540. The summed E-state index contributed by atoms with van der Waals surface area (Å²) in [5.74, 6) is -15.0. The number of amides is 11. The second-order valence-corrected chi connectivity index (χ2v) is 30.4. The van der Waals surface area contributed by atoms with Crippen molar-refractivity contribution >= 4 is 76.6 Å². The van der Waals surface area contributed by atoms with Gasteiger partial charge in [-0.05, 0) is 118 Å². The average molecular weight is 1530 g/mol. The highest BCUT2D eigenvalue weighted by Crippen LogP contribution is 2.40.